The molecule has 0 radical (unpaired) electrons. The molecule has 0 aliphatic heterocycles. The fourth-order valence-corrected chi connectivity index (χ4v) is 1.96. The van der Waals surface area contributed by atoms with Gasteiger partial charge in [0.1, 0.15) is 12.8 Å². The molecule has 0 aliphatic carbocycles. The van der Waals surface area contributed by atoms with Crippen LogP contribution in [0.5, 0.6) is 0 Å². The molecule has 1 unspecified atom stereocenters. The zero-order chi connectivity index (χ0) is 23.2. The number of rotatable bonds is 22. The summed E-state index contributed by atoms with van der Waals surface area (Å²) >= 11 is 0. The average molecular weight is 455 g/mol. The summed E-state index contributed by atoms with van der Waals surface area (Å²) in [4.78, 5) is 22.0. The number of carbonyl (C=O) groups excluding carboxylic acids is 2. The Morgan fingerprint density at radius 3 is 1.74 bits per heavy atom. The van der Waals surface area contributed by atoms with Crippen molar-refractivity contribution in [3.63, 3.8) is 0 Å². The zero-order valence-corrected chi connectivity index (χ0v) is 19.0. The van der Waals surface area contributed by atoms with Crippen molar-refractivity contribution in [2.45, 2.75) is 33.0 Å². The predicted octanol–water partition coefficient (Wildman–Crippen LogP) is 0.0848. The molecule has 0 heterocycles. The molecule has 0 fully saturated rings. The van der Waals surface area contributed by atoms with E-state index in [2.05, 4.69) is 10.6 Å². The van der Waals surface area contributed by atoms with E-state index in [0.717, 1.165) is 0 Å². The predicted molar refractivity (Wildman–Crippen MR) is 112 cm³/mol. The number of nitrogens with one attached hydrogen (secondary N) is 2. The topological polar surface area (TPSA) is 114 Å². The van der Waals surface area contributed by atoms with Gasteiger partial charge in [0, 0.05) is 13.5 Å². The fourth-order valence-electron chi connectivity index (χ4n) is 1.96. The highest BCUT2D eigenvalue weighted by Gasteiger charge is 2.06. The molecule has 0 aromatic carbocycles. The van der Waals surface area contributed by atoms with Crippen LogP contribution in [0.15, 0.2) is 0 Å². The van der Waals surface area contributed by atoms with Gasteiger partial charge in [0.05, 0.1) is 78.7 Å². The van der Waals surface area contributed by atoms with Crippen LogP contribution >= 0.6 is 0 Å². The van der Waals surface area contributed by atoms with Crippen molar-refractivity contribution in [2.75, 3.05) is 85.8 Å². The van der Waals surface area contributed by atoms with Crippen LogP contribution in [-0.4, -0.2) is 110 Å². The number of halogens is 1. The standard InChI is InChI=1S/C20H39FN2O8/c1-17(2)31-16-20(25)22-4-5-26-6-7-27-8-9-28-10-11-29-12-13-30-15-19(21)14-23-18(3)24/h17,19H,4-16H2,1-3H3,(H,22,25)(H,23,24). The number of ether oxygens (including phenoxy) is 6. The molecule has 0 spiro atoms. The van der Waals surface area contributed by atoms with Crippen LogP contribution < -0.4 is 10.6 Å². The Balaban J connectivity index is 3.17. The van der Waals surface area contributed by atoms with Gasteiger partial charge in [-0.3, -0.25) is 9.59 Å². The van der Waals surface area contributed by atoms with Crippen LogP contribution in [0.2, 0.25) is 0 Å². The molecule has 2 N–H and O–H groups in total. The maximum absolute atomic E-state index is 13.3. The van der Waals surface area contributed by atoms with Gasteiger partial charge in [-0.2, -0.15) is 0 Å². The van der Waals surface area contributed by atoms with E-state index in [1.165, 1.54) is 6.92 Å². The van der Waals surface area contributed by atoms with E-state index >= 15 is 0 Å². The van der Waals surface area contributed by atoms with Gasteiger partial charge in [-0.1, -0.05) is 0 Å². The first-order chi connectivity index (χ1) is 14.9. The van der Waals surface area contributed by atoms with Crippen molar-refractivity contribution >= 4 is 11.8 Å². The van der Waals surface area contributed by atoms with Gasteiger partial charge in [0.25, 0.3) is 0 Å². The Morgan fingerprint density at radius 2 is 1.26 bits per heavy atom. The maximum Gasteiger partial charge on any atom is 0.246 e. The molecule has 0 rings (SSSR count). The van der Waals surface area contributed by atoms with Crippen molar-refractivity contribution < 1.29 is 42.4 Å². The summed E-state index contributed by atoms with van der Waals surface area (Å²) < 4.78 is 44.9. The molecule has 2 amide bonds. The summed E-state index contributed by atoms with van der Waals surface area (Å²) in [6, 6.07) is 0. The van der Waals surface area contributed by atoms with Gasteiger partial charge in [0.15, 0.2) is 0 Å². The second-order valence-corrected chi connectivity index (χ2v) is 6.77. The van der Waals surface area contributed by atoms with E-state index in [1.54, 1.807) is 0 Å². The first-order valence-electron chi connectivity index (χ1n) is 10.6. The molecular formula is C20H39FN2O8. The monoisotopic (exact) mass is 454 g/mol. The minimum atomic E-state index is -1.23. The lowest BCUT2D eigenvalue weighted by Crippen LogP contribution is -2.31. The summed E-state index contributed by atoms with van der Waals surface area (Å²) in [6.45, 7) is 9.07. The highest BCUT2D eigenvalue weighted by molar-refractivity contribution is 5.77. The van der Waals surface area contributed by atoms with E-state index in [1.807, 2.05) is 13.8 Å². The Morgan fingerprint density at radius 1 is 0.774 bits per heavy atom. The van der Waals surface area contributed by atoms with E-state index in [4.69, 9.17) is 28.4 Å². The van der Waals surface area contributed by atoms with Gasteiger partial charge >= 0.3 is 0 Å². The quantitative estimate of drug-likeness (QED) is 0.221. The highest BCUT2D eigenvalue weighted by atomic mass is 19.1. The minimum absolute atomic E-state index is 0.0284. The third-order valence-corrected chi connectivity index (χ3v) is 3.48. The summed E-state index contributed by atoms with van der Waals surface area (Å²) in [6.07, 6.45) is -1.20. The van der Waals surface area contributed by atoms with Crippen molar-refractivity contribution in [3.05, 3.63) is 0 Å². The number of alkyl halides is 1. The molecule has 31 heavy (non-hydrogen) atoms. The Labute approximate surface area is 184 Å². The largest absolute Gasteiger partial charge is 0.377 e. The van der Waals surface area contributed by atoms with E-state index in [9.17, 15) is 14.0 Å². The highest BCUT2D eigenvalue weighted by Crippen LogP contribution is 1.91. The first-order valence-corrected chi connectivity index (χ1v) is 10.6. The molecule has 11 heteroatoms. The minimum Gasteiger partial charge on any atom is -0.377 e. The Hall–Kier alpha value is -1.37. The molecule has 0 aromatic rings. The van der Waals surface area contributed by atoms with Gasteiger partial charge in [-0.05, 0) is 13.8 Å². The van der Waals surface area contributed by atoms with Crippen molar-refractivity contribution in [1.29, 1.82) is 0 Å². The van der Waals surface area contributed by atoms with Crippen molar-refractivity contribution in [1.82, 2.24) is 10.6 Å². The van der Waals surface area contributed by atoms with E-state index in [-0.39, 0.29) is 44.3 Å². The molecule has 10 nitrogen and oxygen atoms in total. The maximum atomic E-state index is 13.3. The van der Waals surface area contributed by atoms with Crippen molar-refractivity contribution in [3.8, 4) is 0 Å². The molecule has 184 valence electrons. The smallest absolute Gasteiger partial charge is 0.246 e. The first kappa shape index (κ1) is 29.6. The summed E-state index contributed by atoms with van der Waals surface area (Å²) in [5, 5.41) is 5.08. The van der Waals surface area contributed by atoms with Gasteiger partial charge < -0.3 is 39.1 Å². The third kappa shape index (κ3) is 24.8. The van der Waals surface area contributed by atoms with Crippen LogP contribution in [-0.2, 0) is 38.0 Å². The van der Waals surface area contributed by atoms with Crippen LogP contribution in [0, 0.1) is 0 Å². The van der Waals surface area contributed by atoms with Crippen molar-refractivity contribution in [2.24, 2.45) is 0 Å². The second kappa shape index (κ2) is 21.8. The fraction of sp³-hybridized carbons (Fsp3) is 0.900. The lowest BCUT2D eigenvalue weighted by Gasteiger charge is -2.10. The lowest BCUT2D eigenvalue weighted by molar-refractivity contribution is -0.127. The van der Waals surface area contributed by atoms with Crippen LogP contribution in [0.25, 0.3) is 0 Å². The number of hydrogen-bond acceptors (Lipinski definition) is 8. The van der Waals surface area contributed by atoms with Crippen LogP contribution in [0.1, 0.15) is 20.8 Å². The number of hydrogen-bond donors (Lipinski definition) is 2. The van der Waals surface area contributed by atoms with E-state index < -0.39 is 6.17 Å². The molecule has 0 saturated carbocycles. The average Bonchev–Trinajstić information content (AvgIpc) is 2.72. The molecule has 0 aliphatic rings. The van der Waals surface area contributed by atoms with Gasteiger partial charge in [-0.15, -0.1) is 0 Å². The summed E-state index contributed by atoms with van der Waals surface area (Å²) in [5.41, 5.74) is 0. The lowest BCUT2D eigenvalue weighted by atomic mass is 10.4. The molecule has 0 bridgehead atoms. The van der Waals surface area contributed by atoms with Crippen LogP contribution in [0.4, 0.5) is 4.39 Å². The summed E-state index contributed by atoms with van der Waals surface area (Å²) in [7, 11) is 0. The Bertz CT molecular complexity index is 443. The summed E-state index contributed by atoms with van der Waals surface area (Å²) in [5.74, 6) is -0.426. The van der Waals surface area contributed by atoms with Crippen LogP contribution in [0.3, 0.4) is 0 Å². The Kier molecular flexibility index (Phi) is 20.9. The number of carbonyl (C=O) groups is 2. The molecule has 1 atom stereocenters. The number of amides is 2. The second-order valence-electron chi connectivity index (χ2n) is 6.77. The molecule has 0 aromatic heterocycles. The third-order valence-electron chi connectivity index (χ3n) is 3.48. The normalized spacial score (nSPS) is 12.2. The van der Waals surface area contributed by atoms with Gasteiger partial charge in [0.2, 0.25) is 11.8 Å². The van der Waals surface area contributed by atoms with Gasteiger partial charge in [-0.25, -0.2) is 4.39 Å². The SMILES string of the molecule is CC(=O)NCC(F)COCCOCCOCCOCCOCCNC(=O)COC(C)C. The van der Waals surface area contributed by atoms with E-state index in [0.29, 0.717) is 59.4 Å². The zero-order valence-electron chi connectivity index (χ0n) is 19.0. The molecular weight excluding hydrogens is 415 g/mol. The molecule has 0 saturated heterocycles.